The number of nitrogens with zero attached hydrogens (tertiary/aromatic N) is 4. The van der Waals surface area contributed by atoms with Gasteiger partial charge in [-0.3, -0.25) is 0 Å². The summed E-state index contributed by atoms with van der Waals surface area (Å²) in [6.07, 6.45) is 2.48. The average Bonchev–Trinajstić information content (AvgIpc) is 3.34. The number of hydrogen-bond acceptors (Lipinski definition) is 7. The molecule has 1 aliphatic rings. The first-order chi connectivity index (χ1) is 16.6. The van der Waals surface area contributed by atoms with Gasteiger partial charge in [-0.2, -0.15) is 0 Å². The smallest absolute Gasteiger partial charge is 0.337 e. The Morgan fingerprint density at radius 3 is 2.62 bits per heavy atom. The minimum Gasteiger partial charge on any atom is -0.465 e. The number of piperazine rings is 1. The van der Waals surface area contributed by atoms with Gasteiger partial charge in [0, 0.05) is 50.2 Å². The second-order valence-electron chi connectivity index (χ2n) is 8.56. The van der Waals surface area contributed by atoms with E-state index in [2.05, 4.69) is 51.4 Å². The van der Waals surface area contributed by atoms with Crippen molar-refractivity contribution in [2.75, 3.05) is 50.6 Å². The largest absolute Gasteiger partial charge is 0.465 e. The molecule has 0 saturated carbocycles. The zero-order valence-corrected chi connectivity index (χ0v) is 19.4. The third-order valence-corrected chi connectivity index (χ3v) is 6.17. The fraction of sp³-hybridized carbons (Fsp3) is 0.269. The molecule has 2 aromatic carbocycles. The fourth-order valence-corrected chi connectivity index (χ4v) is 4.21. The number of esters is 1. The Morgan fingerprint density at radius 2 is 1.85 bits per heavy atom. The first kappa shape index (κ1) is 21.9. The molecular weight excluding hydrogens is 428 g/mol. The van der Waals surface area contributed by atoms with Crippen molar-refractivity contribution >= 4 is 34.2 Å². The van der Waals surface area contributed by atoms with E-state index in [4.69, 9.17) is 14.7 Å². The number of fused-ring (bicyclic) bond motifs is 1. The van der Waals surface area contributed by atoms with E-state index in [0.717, 1.165) is 54.3 Å². The van der Waals surface area contributed by atoms with Crippen LogP contribution >= 0.6 is 0 Å². The van der Waals surface area contributed by atoms with Gasteiger partial charge in [-0.25, -0.2) is 14.8 Å². The minimum absolute atomic E-state index is 0.378. The van der Waals surface area contributed by atoms with Crippen LogP contribution in [0.1, 0.15) is 21.7 Å². The molecule has 0 radical (unpaired) electrons. The Morgan fingerprint density at radius 1 is 1.06 bits per heavy atom. The van der Waals surface area contributed by atoms with Gasteiger partial charge in [0.1, 0.15) is 11.3 Å². The molecule has 8 heteroatoms. The number of hydrogen-bond donors (Lipinski definition) is 2. The zero-order valence-electron chi connectivity index (χ0n) is 19.4. The second kappa shape index (κ2) is 9.52. The highest BCUT2D eigenvalue weighted by molar-refractivity contribution is 5.92. The Kier molecular flexibility index (Phi) is 6.14. The van der Waals surface area contributed by atoms with E-state index in [-0.39, 0.29) is 5.97 Å². The molecule has 2 N–H and O–H groups in total. The van der Waals surface area contributed by atoms with Gasteiger partial charge in [0.15, 0.2) is 5.82 Å². The molecule has 8 nitrogen and oxygen atoms in total. The molecule has 0 unspecified atom stereocenters. The molecule has 174 valence electrons. The molecule has 34 heavy (non-hydrogen) atoms. The SMILES string of the molecule is COC(=O)c1cccc(Nc2nc(Cc3ccc(N4CCN(C)CC4)cc3)nc3cc[nH]c23)c1. The van der Waals surface area contributed by atoms with Crippen LogP contribution in [0.3, 0.4) is 0 Å². The quantitative estimate of drug-likeness (QED) is 0.427. The highest BCUT2D eigenvalue weighted by atomic mass is 16.5. The molecule has 5 rings (SSSR count). The standard InChI is InChI=1S/C26H28N6O2/c1-31-12-14-32(15-13-31)21-8-6-18(7-9-21)16-23-29-22-10-11-27-24(22)25(30-23)28-20-5-3-4-19(17-20)26(33)34-2/h3-11,17,27H,12-16H2,1-2H3,(H,28,29,30). The van der Waals surface area contributed by atoms with Crippen LogP contribution in [-0.2, 0) is 11.2 Å². The number of ether oxygens (including phenoxy) is 1. The van der Waals surface area contributed by atoms with Gasteiger partial charge < -0.3 is 24.8 Å². The van der Waals surface area contributed by atoms with Crippen molar-refractivity contribution in [2.24, 2.45) is 0 Å². The van der Waals surface area contributed by atoms with Gasteiger partial charge in [0.2, 0.25) is 0 Å². The number of nitrogens with one attached hydrogen (secondary N) is 2. The van der Waals surface area contributed by atoms with E-state index in [1.807, 2.05) is 24.4 Å². The lowest BCUT2D eigenvalue weighted by Crippen LogP contribution is -2.44. The molecule has 3 heterocycles. The van der Waals surface area contributed by atoms with Crippen LogP contribution in [0.2, 0.25) is 0 Å². The third kappa shape index (κ3) is 4.72. The average molecular weight is 457 g/mol. The van der Waals surface area contributed by atoms with Crippen molar-refractivity contribution in [3.63, 3.8) is 0 Å². The lowest BCUT2D eigenvalue weighted by Gasteiger charge is -2.34. The van der Waals surface area contributed by atoms with Crippen LogP contribution in [0, 0.1) is 0 Å². The van der Waals surface area contributed by atoms with E-state index in [0.29, 0.717) is 17.8 Å². The summed E-state index contributed by atoms with van der Waals surface area (Å²) in [6, 6.07) is 17.8. The summed E-state index contributed by atoms with van der Waals surface area (Å²) in [4.78, 5) is 29.4. The van der Waals surface area contributed by atoms with Crippen LogP contribution in [0.15, 0.2) is 60.8 Å². The molecule has 0 atom stereocenters. The number of carbonyl (C=O) groups is 1. The van der Waals surface area contributed by atoms with Gasteiger partial charge in [0.05, 0.1) is 18.2 Å². The number of H-pyrrole nitrogens is 1. The lowest BCUT2D eigenvalue weighted by atomic mass is 10.1. The van der Waals surface area contributed by atoms with E-state index in [1.165, 1.54) is 12.8 Å². The van der Waals surface area contributed by atoms with E-state index < -0.39 is 0 Å². The van der Waals surface area contributed by atoms with Crippen LogP contribution in [0.5, 0.6) is 0 Å². The molecular formula is C26H28N6O2. The summed E-state index contributed by atoms with van der Waals surface area (Å²) >= 11 is 0. The van der Waals surface area contributed by atoms with Crippen LogP contribution < -0.4 is 10.2 Å². The predicted molar refractivity (Wildman–Crippen MR) is 134 cm³/mol. The summed E-state index contributed by atoms with van der Waals surface area (Å²) < 4.78 is 4.83. The summed E-state index contributed by atoms with van der Waals surface area (Å²) in [6.45, 7) is 4.28. The molecule has 1 aliphatic heterocycles. The van der Waals surface area contributed by atoms with E-state index >= 15 is 0 Å². The van der Waals surface area contributed by atoms with Crippen LogP contribution in [0.25, 0.3) is 11.0 Å². The van der Waals surface area contributed by atoms with Gasteiger partial charge in [0.25, 0.3) is 0 Å². The molecule has 0 bridgehead atoms. The van der Waals surface area contributed by atoms with Crippen molar-refractivity contribution in [1.82, 2.24) is 19.9 Å². The number of aromatic amines is 1. The number of benzene rings is 2. The lowest BCUT2D eigenvalue weighted by molar-refractivity contribution is 0.0601. The second-order valence-corrected chi connectivity index (χ2v) is 8.56. The maximum Gasteiger partial charge on any atom is 0.337 e. The molecule has 4 aromatic rings. The molecule has 1 fully saturated rings. The summed E-state index contributed by atoms with van der Waals surface area (Å²) in [5.41, 5.74) is 5.30. The van der Waals surface area contributed by atoms with Crippen molar-refractivity contribution in [3.05, 3.63) is 77.7 Å². The first-order valence-electron chi connectivity index (χ1n) is 11.4. The number of aromatic nitrogens is 3. The van der Waals surface area contributed by atoms with Crippen molar-refractivity contribution in [1.29, 1.82) is 0 Å². The maximum absolute atomic E-state index is 11.9. The highest BCUT2D eigenvalue weighted by Gasteiger charge is 2.15. The summed E-state index contributed by atoms with van der Waals surface area (Å²) in [5, 5.41) is 3.33. The molecule has 0 spiro atoms. The maximum atomic E-state index is 11.9. The van der Waals surface area contributed by atoms with E-state index in [1.54, 1.807) is 12.1 Å². The Hall–Kier alpha value is -3.91. The highest BCUT2D eigenvalue weighted by Crippen LogP contribution is 2.25. The molecule has 1 saturated heterocycles. The molecule has 0 aliphatic carbocycles. The normalized spacial score (nSPS) is 14.4. The Balaban J connectivity index is 1.36. The monoisotopic (exact) mass is 456 g/mol. The number of carbonyl (C=O) groups excluding carboxylic acids is 1. The first-order valence-corrected chi connectivity index (χ1v) is 11.4. The third-order valence-electron chi connectivity index (χ3n) is 6.17. The van der Waals surface area contributed by atoms with Crippen molar-refractivity contribution in [3.8, 4) is 0 Å². The fourth-order valence-electron chi connectivity index (χ4n) is 4.21. The Labute approximate surface area is 198 Å². The van der Waals surface area contributed by atoms with Gasteiger partial charge in [-0.15, -0.1) is 0 Å². The van der Waals surface area contributed by atoms with E-state index in [9.17, 15) is 4.79 Å². The Bertz CT molecular complexity index is 1290. The van der Waals surface area contributed by atoms with Crippen LogP contribution in [-0.4, -0.2) is 66.2 Å². The molecule has 2 aromatic heterocycles. The van der Waals surface area contributed by atoms with Crippen molar-refractivity contribution in [2.45, 2.75) is 6.42 Å². The topological polar surface area (TPSA) is 86.4 Å². The predicted octanol–water partition coefficient (Wildman–Crippen LogP) is 3.83. The number of methoxy groups -OCH3 is 1. The van der Waals surface area contributed by atoms with Gasteiger partial charge in [-0.1, -0.05) is 18.2 Å². The minimum atomic E-state index is -0.378. The van der Waals surface area contributed by atoms with Crippen molar-refractivity contribution < 1.29 is 9.53 Å². The van der Waals surface area contributed by atoms with Crippen LogP contribution in [0.4, 0.5) is 17.2 Å². The number of likely N-dealkylation sites (N-methyl/N-ethyl adjacent to an activating group) is 1. The summed E-state index contributed by atoms with van der Waals surface area (Å²) in [7, 11) is 3.54. The summed E-state index contributed by atoms with van der Waals surface area (Å²) in [5.74, 6) is 1.02. The molecule has 0 amide bonds. The zero-order chi connectivity index (χ0) is 23.5. The van der Waals surface area contributed by atoms with Gasteiger partial charge in [-0.05, 0) is 49.0 Å². The number of rotatable bonds is 6. The number of anilines is 3. The van der Waals surface area contributed by atoms with Gasteiger partial charge >= 0.3 is 5.97 Å².